The first-order valence-corrected chi connectivity index (χ1v) is 6.63. The minimum absolute atomic E-state index is 0.143. The smallest absolute Gasteiger partial charge is 0.233 e. The summed E-state index contributed by atoms with van der Waals surface area (Å²) in [5.41, 5.74) is 0. The largest absolute Gasteiger partial charge is 0.240 e. The van der Waals surface area contributed by atoms with Crippen LogP contribution in [0.3, 0.4) is 0 Å². The second kappa shape index (κ2) is 4.34. The van der Waals surface area contributed by atoms with Crippen molar-refractivity contribution in [2.45, 2.75) is 6.42 Å². The first kappa shape index (κ1) is 10.9. The van der Waals surface area contributed by atoms with Crippen LogP contribution in [0.1, 0.15) is 5.82 Å². The molecule has 0 saturated heterocycles. The van der Waals surface area contributed by atoms with Crippen molar-refractivity contribution >= 4 is 35.7 Å². The highest BCUT2D eigenvalue weighted by molar-refractivity contribution is 9.10. The van der Waals surface area contributed by atoms with Crippen LogP contribution in [0.5, 0.6) is 0 Å². The zero-order valence-electron chi connectivity index (χ0n) is 6.44. The average molecular weight is 286 g/mol. The van der Waals surface area contributed by atoms with Gasteiger partial charge in [0.1, 0.15) is 5.82 Å². The standard InChI is InChI=1S/C6H6BrClN2O2S/c7-5-3-9-6(10-4-5)1-2-13(8,11)12/h3-4H,1-2H2. The molecular weight excluding hydrogens is 280 g/mol. The third-order valence-electron chi connectivity index (χ3n) is 1.24. The summed E-state index contributed by atoms with van der Waals surface area (Å²) in [6.45, 7) is 0. The predicted molar refractivity (Wildman–Crippen MR) is 53.1 cm³/mol. The molecule has 4 nitrogen and oxygen atoms in total. The first-order chi connectivity index (χ1) is 5.97. The number of rotatable bonds is 3. The molecule has 0 bridgehead atoms. The average Bonchev–Trinajstić information content (AvgIpc) is 2.02. The van der Waals surface area contributed by atoms with Crippen molar-refractivity contribution in [3.8, 4) is 0 Å². The fourth-order valence-corrected chi connectivity index (χ4v) is 1.54. The van der Waals surface area contributed by atoms with E-state index in [-0.39, 0.29) is 12.2 Å². The number of nitrogens with zero attached hydrogens (tertiary/aromatic N) is 2. The van der Waals surface area contributed by atoms with Crippen molar-refractivity contribution in [2.75, 3.05) is 5.75 Å². The predicted octanol–water partition coefficient (Wildman–Crippen LogP) is 1.35. The minimum Gasteiger partial charge on any atom is -0.240 e. The van der Waals surface area contributed by atoms with Crippen LogP contribution in [0.15, 0.2) is 16.9 Å². The molecule has 0 atom stereocenters. The van der Waals surface area contributed by atoms with Gasteiger partial charge in [-0.3, -0.25) is 0 Å². The summed E-state index contributed by atoms with van der Waals surface area (Å²) in [5.74, 6) is 0.323. The molecule has 0 aliphatic rings. The molecule has 0 saturated carbocycles. The highest BCUT2D eigenvalue weighted by Gasteiger charge is 2.06. The van der Waals surface area contributed by atoms with Gasteiger partial charge >= 0.3 is 0 Å². The second-order valence-corrected chi connectivity index (χ2v) is 6.12. The second-order valence-electron chi connectivity index (χ2n) is 2.31. The van der Waals surface area contributed by atoms with Gasteiger partial charge in [-0.25, -0.2) is 18.4 Å². The first-order valence-electron chi connectivity index (χ1n) is 3.36. The van der Waals surface area contributed by atoms with Crippen LogP contribution in [0.2, 0.25) is 0 Å². The van der Waals surface area contributed by atoms with Gasteiger partial charge in [0.15, 0.2) is 0 Å². The zero-order chi connectivity index (χ0) is 9.90. The van der Waals surface area contributed by atoms with Gasteiger partial charge in [-0.05, 0) is 15.9 Å². The molecule has 0 spiro atoms. The summed E-state index contributed by atoms with van der Waals surface area (Å²) in [5, 5.41) is 0. The Bertz CT molecular complexity index is 378. The van der Waals surface area contributed by atoms with Gasteiger partial charge in [-0.2, -0.15) is 0 Å². The number of halogens is 2. The molecule has 0 radical (unpaired) electrons. The van der Waals surface area contributed by atoms with E-state index in [1.807, 2.05) is 0 Å². The maximum atomic E-state index is 10.6. The molecule has 0 aliphatic heterocycles. The van der Waals surface area contributed by atoms with Crippen LogP contribution in [-0.2, 0) is 15.5 Å². The molecule has 13 heavy (non-hydrogen) atoms. The maximum absolute atomic E-state index is 10.6. The van der Waals surface area contributed by atoms with E-state index in [2.05, 4.69) is 25.9 Å². The fraction of sp³-hybridized carbons (Fsp3) is 0.333. The summed E-state index contributed by atoms with van der Waals surface area (Å²) in [6.07, 6.45) is 3.35. The van der Waals surface area contributed by atoms with Crippen LogP contribution in [0.25, 0.3) is 0 Å². The van der Waals surface area contributed by atoms with Crippen molar-refractivity contribution in [2.24, 2.45) is 0 Å². The molecule has 1 aromatic heterocycles. The molecule has 72 valence electrons. The summed E-state index contributed by atoms with van der Waals surface area (Å²) in [4.78, 5) is 7.80. The molecule has 7 heteroatoms. The molecular formula is C6H6BrClN2O2S. The van der Waals surface area contributed by atoms with Gasteiger partial charge in [0.25, 0.3) is 0 Å². The van der Waals surface area contributed by atoms with Gasteiger partial charge in [0.2, 0.25) is 9.05 Å². The topological polar surface area (TPSA) is 59.9 Å². The van der Waals surface area contributed by atoms with Crippen LogP contribution in [0, 0.1) is 0 Å². The van der Waals surface area contributed by atoms with Crippen LogP contribution >= 0.6 is 26.6 Å². The summed E-state index contributed by atoms with van der Waals surface area (Å²) >= 11 is 3.17. The molecule has 0 unspecified atom stereocenters. The molecule has 0 aliphatic carbocycles. The Morgan fingerprint density at radius 2 is 1.92 bits per heavy atom. The van der Waals surface area contributed by atoms with Crippen LogP contribution < -0.4 is 0 Å². The number of aryl methyl sites for hydroxylation is 1. The third-order valence-corrected chi connectivity index (χ3v) is 2.81. The minimum atomic E-state index is -3.45. The molecule has 0 aromatic carbocycles. The lowest BCUT2D eigenvalue weighted by atomic mass is 10.4. The lowest BCUT2D eigenvalue weighted by molar-refractivity contribution is 0.608. The lowest BCUT2D eigenvalue weighted by Crippen LogP contribution is -2.04. The van der Waals surface area contributed by atoms with E-state index in [9.17, 15) is 8.42 Å². The number of aromatic nitrogens is 2. The Hall–Kier alpha value is -0.200. The van der Waals surface area contributed by atoms with Crippen LogP contribution in [0.4, 0.5) is 0 Å². The van der Waals surface area contributed by atoms with Crippen molar-refractivity contribution < 1.29 is 8.42 Å². The van der Waals surface area contributed by atoms with E-state index in [0.717, 1.165) is 4.47 Å². The van der Waals surface area contributed by atoms with Gasteiger partial charge in [-0.15, -0.1) is 0 Å². The van der Waals surface area contributed by atoms with Gasteiger partial charge in [-0.1, -0.05) is 0 Å². The monoisotopic (exact) mass is 284 g/mol. The van der Waals surface area contributed by atoms with E-state index < -0.39 is 9.05 Å². The molecule has 1 rings (SSSR count). The van der Waals surface area contributed by atoms with Gasteiger partial charge in [0, 0.05) is 29.5 Å². The zero-order valence-corrected chi connectivity index (χ0v) is 9.60. The van der Waals surface area contributed by atoms with Crippen molar-refractivity contribution in [3.05, 3.63) is 22.7 Å². The molecule has 0 fully saturated rings. The summed E-state index contributed by atoms with van der Waals surface area (Å²) < 4.78 is 21.9. The summed E-state index contributed by atoms with van der Waals surface area (Å²) in [7, 11) is 1.57. The van der Waals surface area contributed by atoms with Crippen molar-refractivity contribution in [3.63, 3.8) is 0 Å². The normalized spacial score (nSPS) is 11.5. The molecule has 0 N–H and O–H groups in total. The Morgan fingerprint density at radius 1 is 1.38 bits per heavy atom. The number of hydrogen-bond acceptors (Lipinski definition) is 4. The fourth-order valence-electron chi connectivity index (χ4n) is 0.681. The summed E-state index contributed by atoms with van der Waals surface area (Å²) in [6, 6.07) is 0. The van der Waals surface area contributed by atoms with E-state index in [4.69, 9.17) is 10.7 Å². The third kappa shape index (κ3) is 4.54. The lowest BCUT2D eigenvalue weighted by Gasteiger charge is -1.96. The SMILES string of the molecule is O=S(=O)(Cl)CCc1ncc(Br)cn1. The Balaban J connectivity index is 2.61. The van der Waals surface area contributed by atoms with E-state index >= 15 is 0 Å². The van der Waals surface area contributed by atoms with Crippen molar-refractivity contribution in [1.29, 1.82) is 0 Å². The van der Waals surface area contributed by atoms with Crippen molar-refractivity contribution in [1.82, 2.24) is 9.97 Å². The van der Waals surface area contributed by atoms with E-state index in [1.54, 1.807) is 12.4 Å². The molecule has 1 aromatic rings. The van der Waals surface area contributed by atoms with Gasteiger partial charge < -0.3 is 0 Å². The highest BCUT2D eigenvalue weighted by Crippen LogP contribution is 2.06. The van der Waals surface area contributed by atoms with E-state index in [1.165, 1.54) is 0 Å². The Kier molecular flexibility index (Phi) is 3.63. The number of hydrogen-bond donors (Lipinski definition) is 0. The maximum Gasteiger partial charge on any atom is 0.233 e. The van der Waals surface area contributed by atoms with Gasteiger partial charge in [0.05, 0.1) is 10.2 Å². The molecule has 0 amide bonds. The molecule has 1 heterocycles. The quantitative estimate of drug-likeness (QED) is 0.787. The van der Waals surface area contributed by atoms with E-state index in [0.29, 0.717) is 5.82 Å². The Morgan fingerprint density at radius 3 is 2.38 bits per heavy atom. The highest BCUT2D eigenvalue weighted by atomic mass is 79.9. The van der Waals surface area contributed by atoms with Crippen LogP contribution in [-0.4, -0.2) is 24.1 Å². The Labute approximate surface area is 88.9 Å².